The average Bonchev–Trinajstić information content (AvgIpc) is 2.41. The zero-order chi connectivity index (χ0) is 13.1. The van der Waals surface area contributed by atoms with E-state index in [0.717, 1.165) is 0 Å². The van der Waals surface area contributed by atoms with Gasteiger partial charge in [0, 0.05) is 18.7 Å². The van der Waals surface area contributed by atoms with Crippen LogP contribution in [0.15, 0.2) is 18.2 Å². The van der Waals surface area contributed by atoms with Crippen LogP contribution in [0, 0.1) is 6.92 Å². The van der Waals surface area contributed by atoms with Gasteiger partial charge in [0.05, 0.1) is 19.3 Å². The fourth-order valence-corrected chi connectivity index (χ4v) is 1.99. The number of ether oxygens (including phenoxy) is 1. The SMILES string of the molecule is Cc1cc(C(=O)N2CCOC(CO)C2)ccc1O. The molecule has 0 saturated carbocycles. The van der Waals surface area contributed by atoms with Gasteiger partial charge in [0.2, 0.25) is 0 Å². The van der Waals surface area contributed by atoms with Crippen molar-refractivity contribution in [2.24, 2.45) is 0 Å². The van der Waals surface area contributed by atoms with Crippen LogP contribution in [0.5, 0.6) is 5.75 Å². The smallest absolute Gasteiger partial charge is 0.254 e. The number of phenols is 1. The van der Waals surface area contributed by atoms with E-state index in [4.69, 9.17) is 9.84 Å². The summed E-state index contributed by atoms with van der Waals surface area (Å²) in [6, 6.07) is 4.79. The number of carbonyl (C=O) groups excluding carboxylic acids is 1. The van der Waals surface area contributed by atoms with Crippen molar-refractivity contribution in [3.8, 4) is 5.75 Å². The maximum absolute atomic E-state index is 12.2. The molecule has 1 heterocycles. The Kier molecular flexibility index (Phi) is 3.84. The molecule has 1 unspecified atom stereocenters. The van der Waals surface area contributed by atoms with Gasteiger partial charge in [-0.1, -0.05) is 0 Å². The van der Waals surface area contributed by atoms with Crippen LogP contribution in [0.4, 0.5) is 0 Å². The largest absolute Gasteiger partial charge is 0.508 e. The van der Waals surface area contributed by atoms with E-state index in [1.807, 2.05) is 0 Å². The summed E-state index contributed by atoms with van der Waals surface area (Å²) in [6.45, 7) is 3.03. The van der Waals surface area contributed by atoms with Crippen LogP contribution in [0.2, 0.25) is 0 Å². The van der Waals surface area contributed by atoms with Crippen LogP contribution in [0.1, 0.15) is 15.9 Å². The first kappa shape index (κ1) is 12.9. The average molecular weight is 251 g/mol. The van der Waals surface area contributed by atoms with Crippen LogP contribution in [0.3, 0.4) is 0 Å². The molecule has 1 aliphatic heterocycles. The number of nitrogens with zero attached hydrogens (tertiary/aromatic N) is 1. The van der Waals surface area contributed by atoms with Crippen molar-refractivity contribution in [3.05, 3.63) is 29.3 Å². The highest BCUT2D eigenvalue weighted by atomic mass is 16.5. The molecule has 5 heteroatoms. The number of aromatic hydroxyl groups is 1. The molecule has 1 aliphatic rings. The number of morpholine rings is 1. The number of amides is 1. The monoisotopic (exact) mass is 251 g/mol. The van der Waals surface area contributed by atoms with E-state index in [0.29, 0.717) is 30.8 Å². The third kappa shape index (κ3) is 2.63. The van der Waals surface area contributed by atoms with Gasteiger partial charge in [-0.2, -0.15) is 0 Å². The van der Waals surface area contributed by atoms with Crippen molar-refractivity contribution in [2.75, 3.05) is 26.3 Å². The van der Waals surface area contributed by atoms with Gasteiger partial charge >= 0.3 is 0 Å². The number of hydrogen-bond acceptors (Lipinski definition) is 4. The predicted molar refractivity (Wildman–Crippen MR) is 65.6 cm³/mol. The Hall–Kier alpha value is -1.59. The predicted octanol–water partition coefficient (Wildman–Crippen LogP) is 0.534. The van der Waals surface area contributed by atoms with Crippen LogP contribution in [-0.2, 0) is 4.74 Å². The lowest BCUT2D eigenvalue weighted by molar-refractivity contribution is -0.0447. The molecule has 0 bridgehead atoms. The highest BCUT2D eigenvalue weighted by Crippen LogP contribution is 2.19. The normalized spacial score (nSPS) is 19.9. The standard InChI is InChI=1S/C13H17NO4/c1-9-6-10(2-3-12(9)16)13(17)14-4-5-18-11(7-14)8-15/h2-3,6,11,15-16H,4-5,7-8H2,1H3. The first-order valence-electron chi connectivity index (χ1n) is 5.93. The molecule has 2 N–H and O–H groups in total. The second kappa shape index (κ2) is 5.37. The Morgan fingerprint density at radius 2 is 2.33 bits per heavy atom. The third-order valence-electron chi connectivity index (χ3n) is 3.07. The van der Waals surface area contributed by atoms with Crippen molar-refractivity contribution in [3.63, 3.8) is 0 Å². The molecule has 1 atom stereocenters. The van der Waals surface area contributed by atoms with Gasteiger partial charge in [0.1, 0.15) is 5.75 Å². The topological polar surface area (TPSA) is 70.0 Å². The lowest BCUT2D eigenvalue weighted by Gasteiger charge is -2.32. The summed E-state index contributed by atoms with van der Waals surface area (Å²) in [6.07, 6.45) is -0.305. The van der Waals surface area contributed by atoms with Gasteiger partial charge < -0.3 is 19.8 Å². The number of hydrogen-bond donors (Lipinski definition) is 2. The van der Waals surface area contributed by atoms with Crippen LogP contribution in [0.25, 0.3) is 0 Å². The lowest BCUT2D eigenvalue weighted by atomic mass is 10.1. The van der Waals surface area contributed by atoms with Crippen molar-refractivity contribution < 1.29 is 19.7 Å². The number of aryl methyl sites for hydroxylation is 1. The molecule has 0 aliphatic carbocycles. The van der Waals surface area contributed by atoms with Gasteiger partial charge in [-0.25, -0.2) is 0 Å². The molecule has 18 heavy (non-hydrogen) atoms. The first-order chi connectivity index (χ1) is 8.61. The van der Waals surface area contributed by atoms with Gasteiger partial charge in [0.15, 0.2) is 0 Å². The second-order valence-corrected chi connectivity index (χ2v) is 4.43. The summed E-state index contributed by atoms with van der Waals surface area (Å²) in [4.78, 5) is 13.9. The second-order valence-electron chi connectivity index (χ2n) is 4.43. The maximum Gasteiger partial charge on any atom is 0.254 e. The molecule has 1 saturated heterocycles. The molecule has 1 amide bonds. The van der Waals surface area contributed by atoms with Crippen molar-refractivity contribution in [2.45, 2.75) is 13.0 Å². The molecular weight excluding hydrogens is 234 g/mol. The minimum Gasteiger partial charge on any atom is -0.508 e. The van der Waals surface area contributed by atoms with E-state index in [9.17, 15) is 9.90 Å². The number of benzene rings is 1. The minimum atomic E-state index is -0.305. The highest BCUT2D eigenvalue weighted by molar-refractivity contribution is 5.94. The quantitative estimate of drug-likeness (QED) is 0.804. The van der Waals surface area contributed by atoms with Gasteiger partial charge in [0.25, 0.3) is 5.91 Å². The molecule has 2 rings (SSSR count). The molecular formula is C13H17NO4. The van der Waals surface area contributed by atoms with E-state index >= 15 is 0 Å². The van der Waals surface area contributed by atoms with Gasteiger partial charge in [-0.3, -0.25) is 4.79 Å². The summed E-state index contributed by atoms with van der Waals surface area (Å²) >= 11 is 0. The first-order valence-corrected chi connectivity index (χ1v) is 5.93. The van der Waals surface area contributed by atoms with Crippen molar-refractivity contribution >= 4 is 5.91 Å². The number of aliphatic hydroxyl groups excluding tert-OH is 1. The molecule has 0 aromatic heterocycles. The van der Waals surface area contributed by atoms with E-state index in [1.165, 1.54) is 6.07 Å². The van der Waals surface area contributed by atoms with Crippen molar-refractivity contribution in [1.82, 2.24) is 4.90 Å². The maximum atomic E-state index is 12.2. The molecule has 1 aromatic rings. The van der Waals surface area contributed by atoms with E-state index in [1.54, 1.807) is 24.0 Å². The third-order valence-corrected chi connectivity index (χ3v) is 3.07. The Bertz CT molecular complexity index is 447. The van der Waals surface area contributed by atoms with Gasteiger partial charge in [-0.15, -0.1) is 0 Å². The molecule has 0 spiro atoms. The number of aliphatic hydroxyl groups is 1. The fourth-order valence-electron chi connectivity index (χ4n) is 1.99. The summed E-state index contributed by atoms with van der Waals surface area (Å²) < 4.78 is 5.30. The van der Waals surface area contributed by atoms with E-state index < -0.39 is 0 Å². The van der Waals surface area contributed by atoms with E-state index in [2.05, 4.69) is 0 Å². The highest BCUT2D eigenvalue weighted by Gasteiger charge is 2.24. The molecule has 1 aromatic carbocycles. The molecule has 98 valence electrons. The Morgan fingerprint density at radius 3 is 3.00 bits per heavy atom. The number of rotatable bonds is 2. The zero-order valence-electron chi connectivity index (χ0n) is 10.3. The Morgan fingerprint density at radius 1 is 1.56 bits per heavy atom. The van der Waals surface area contributed by atoms with Crippen LogP contribution in [-0.4, -0.2) is 53.4 Å². The minimum absolute atomic E-state index is 0.0849. The Labute approximate surface area is 106 Å². The number of carbonyl (C=O) groups is 1. The molecule has 1 fully saturated rings. The van der Waals surface area contributed by atoms with Crippen LogP contribution >= 0.6 is 0 Å². The zero-order valence-corrected chi connectivity index (χ0v) is 10.3. The van der Waals surface area contributed by atoms with Gasteiger partial charge in [-0.05, 0) is 30.7 Å². The number of phenolic OH excluding ortho intramolecular Hbond substituents is 1. The van der Waals surface area contributed by atoms with E-state index in [-0.39, 0.29) is 24.4 Å². The summed E-state index contributed by atoms with van der Waals surface area (Å²) in [5.74, 6) is 0.0848. The lowest BCUT2D eigenvalue weighted by Crippen LogP contribution is -2.46. The van der Waals surface area contributed by atoms with Crippen LogP contribution < -0.4 is 0 Å². The summed E-state index contributed by atoms with van der Waals surface area (Å²) in [7, 11) is 0. The van der Waals surface area contributed by atoms with Crippen molar-refractivity contribution in [1.29, 1.82) is 0 Å². The fraction of sp³-hybridized carbons (Fsp3) is 0.462. The molecule has 5 nitrogen and oxygen atoms in total. The Balaban J connectivity index is 2.12. The molecule has 0 radical (unpaired) electrons. The summed E-state index contributed by atoms with van der Waals surface area (Å²) in [5, 5.41) is 18.5. The summed E-state index contributed by atoms with van der Waals surface area (Å²) in [5.41, 5.74) is 1.22.